The summed E-state index contributed by atoms with van der Waals surface area (Å²) in [7, 11) is 1.43. The first kappa shape index (κ1) is 15.2. The van der Waals surface area contributed by atoms with E-state index in [0.717, 1.165) is 29.9 Å². The number of benzene rings is 1. The molecule has 0 spiro atoms. The minimum absolute atomic E-state index is 0.114. The summed E-state index contributed by atoms with van der Waals surface area (Å²) < 4.78 is 26.2. The van der Waals surface area contributed by atoms with Crippen molar-refractivity contribution in [1.82, 2.24) is 9.80 Å². The van der Waals surface area contributed by atoms with Crippen molar-refractivity contribution in [3.8, 4) is 0 Å². The summed E-state index contributed by atoms with van der Waals surface area (Å²) in [6, 6.07) is 1.52. The Bertz CT molecular complexity index is 572. The SMILES string of the molecule is CN(CC(=O)N1CCCC1)C(=O)c1cc(F)c(F)cc1N. The number of halogens is 2. The molecular formula is C14H17F2N3O2. The third kappa shape index (κ3) is 3.29. The molecule has 1 heterocycles. The van der Waals surface area contributed by atoms with Crippen LogP contribution >= 0.6 is 0 Å². The Morgan fingerprint density at radius 1 is 1.24 bits per heavy atom. The van der Waals surface area contributed by atoms with Gasteiger partial charge in [-0.3, -0.25) is 9.59 Å². The second-order valence-electron chi connectivity index (χ2n) is 5.10. The van der Waals surface area contributed by atoms with Crippen LogP contribution < -0.4 is 5.73 Å². The fourth-order valence-corrected chi connectivity index (χ4v) is 2.29. The van der Waals surface area contributed by atoms with Gasteiger partial charge in [-0.2, -0.15) is 0 Å². The Hall–Kier alpha value is -2.18. The predicted molar refractivity (Wildman–Crippen MR) is 73.5 cm³/mol. The Kier molecular flexibility index (Phi) is 4.40. The van der Waals surface area contributed by atoms with Gasteiger partial charge < -0.3 is 15.5 Å². The van der Waals surface area contributed by atoms with Crippen molar-refractivity contribution in [2.45, 2.75) is 12.8 Å². The number of hydrogen-bond acceptors (Lipinski definition) is 3. The summed E-state index contributed by atoms with van der Waals surface area (Å²) in [5.41, 5.74) is 5.23. The maximum absolute atomic E-state index is 13.2. The van der Waals surface area contributed by atoms with E-state index in [0.29, 0.717) is 13.1 Å². The minimum atomic E-state index is -1.15. The topological polar surface area (TPSA) is 66.6 Å². The lowest BCUT2D eigenvalue weighted by Gasteiger charge is -2.22. The zero-order chi connectivity index (χ0) is 15.6. The van der Waals surface area contributed by atoms with Crippen molar-refractivity contribution in [3.05, 3.63) is 29.3 Å². The van der Waals surface area contributed by atoms with Crippen LogP contribution in [0.3, 0.4) is 0 Å². The maximum atomic E-state index is 13.2. The predicted octanol–water partition coefficient (Wildman–Crippen LogP) is 1.24. The molecule has 2 N–H and O–H groups in total. The number of nitrogens with zero attached hydrogens (tertiary/aromatic N) is 2. The van der Waals surface area contributed by atoms with E-state index in [4.69, 9.17) is 5.73 Å². The fourth-order valence-electron chi connectivity index (χ4n) is 2.29. The van der Waals surface area contributed by atoms with Crippen LogP contribution in [0.4, 0.5) is 14.5 Å². The molecule has 1 aromatic rings. The number of likely N-dealkylation sites (tertiary alicyclic amines) is 1. The minimum Gasteiger partial charge on any atom is -0.398 e. The van der Waals surface area contributed by atoms with E-state index in [9.17, 15) is 18.4 Å². The fraction of sp³-hybridized carbons (Fsp3) is 0.429. The third-order valence-electron chi connectivity index (χ3n) is 3.50. The highest BCUT2D eigenvalue weighted by Gasteiger charge is 2.23. The molecular weight excluding hydrogens is 280 g/mol. The Morgan fingerprint density at radius 2 is 1.81 bits per heavy atom. The maximum Gasteiger partial charge on any atom is 0.256 e. The molecule has 7 heteroatoms. The second-order valence-corrected chi connectivity index (χ2v) is 5.10. The van der Waals surface area contributed by atoms with Crippen LogP contribution in [0.15, 0.2) is 12.1 Å². The number of nitrogens with two attached hydrogens (primary N) is 1. The number of carbonyl (C=O) groups excluding carboxylic acids is 2. The van der Waals surface area contributed by atoms with E-state index in [1.54, 1.807) is 4.90 Å². The molecule has 1 aromatic carbocycles. The van der Waals surface area contributed by atoms with E-state index >= 15 is 0 Å². The van der Waals surface area contributed by atoms with Gasteiger partial charge >= 0.3 is 0 Å². The molecule has 2 rings (SSSR count). The van der Waals surface area contributed by atoms with E-state index in [-0.39, 0.29) is 23.7 Å². The summed E-state index contributed by atoms with van der Waals surface area (Å²) in [6.45, 7) is 1.26. The summed E-state index contributed by atoms with van der Waals surface area (Å²) in [5.74, 6) is -3.03. The van der Waals surface area contributed by atoms with Gasteiger partial charge in [-0.15, -0.1) is 0 Å². The molecule has 5 nitrogen and oxygen atoms in total. The van der Waals surface area contributed by atoms with Crippen molar-refractivity contribution in [1.29, 1.82) is 0 Å². The lowest BCUT2D eigenvalue weighted by Crippen LogP contribution is -2.40. The number of likely N-dealkylation sites (N-methyl/N-ethyl adjacent to an activating group) is 1. The van der Waals surface area contributed by atoms with Gasteiger partial charge in [0.05, 0.1) is 12.1 Å². The highest BCUT2D eigenvalue weighted by atomic mass is 19.2. The summed E-state index contributed by atoms with van der Waals surface area (Å²) in [5, 5.41) is 0. The van der Waals surface area contributed by atoms with Crippen LogP contribution in [0, 0.1) is 11.6 Å². The van der Waals surface area contributed by atoms with Crippen molar-refractivity contribution in [2.24, 2.45) is 0 Å². The zero-order valence-corrected chi connectivity index (χ0v) is 11.7. The van der Waals surface area contributed by atoms with E-state index in [1.807, 2.05) is 0 Å². The average molecular weight is 297 g/mol. The second kappa shape index (κ2) is 6.07. The number of anilines is 1. The Morgan fingerprint density at radius 3 is 2.43 bits per heavy atom. The first-order valence-corrected chi connectivity index (χ1v) is 6.68. The number of amides is 2. The van der Waals surface area contributed by atoms with E-state index in [1.165, 1.54) is 7.05 Å². The van der Waals surface area contributed by atoms with E-state index < -0.39 is 17.5 Å². The van der Waals surface area contributed by atoms with Crippen LogP contribution in [0.1, 0.15) is 23.2 Å². The smallest absolute Gasteiger partial charge is 0.256 e. The lowest BCUT2D eigenvalue weighted by molar-refractivity contribution is -0.130. The number of nitrogen functional groups attached to an aromatic ring is 1. The van der Waals surface area contributed by atoms with Gasteiger partial charge in [0.25, 0.3) is 5.91 Å². The molecule has 21 heavy (non-hydrogen) atoms. The van der Waals surface area contributed by atoms with Gasteiger partial charge in [0.2, 0.25) is 5.91 Å². The molecule has 0 unspecified atom stereocenters. The third-order valence-corrected chi connectivity index (χ3v) is 3.50. The zero-order valence-electron chi connectivity index (χ0n) is 11.7. The first-order chi connectivity index (χ1) is 9.90. The molecule has 0 aromatic heterocycles. The molecule has 0 atom stereocenters. The van der Waals surface area contributed by atoms with Gasteiger partial charge in [-0.25, -0.2) is 8.78 Å². The molecule has 0 radical (unpaired) electrons. The van der Waals surface area contributed by atoms with Crippen LogP contribution in [0.25, 0.3) is 0 Å². The van der Waals surface area contributed by atoms with Crippen molar-refractivity contribution < 1.29 is 18.4 Å². The standard InChI is InChI=1S/C14H17F2N3O2/c1-18(8-13(20)19-4-2-3-5-19)14(21)9-6-10(15)11(16)7-12(9)17/h6-7H,2-5,8,17H2,1H3. The number of rotatable bonds is 3. The quantitative estimate of drug-likeness (QED) is 0.854. The number of hydrogen-bond donors (Lipinski definition) is 1. The molecule has 1 fully saturated rings. The van der Waals surface area contributed by atoms with Gasteiger partial charge in [0, 0.05) is 31.9 Å². The van der Waals surface area contributed by atoms with Crippen molar-refractivity contribution in [2.75, 3.05) is 32.4 Å². The molecule has 0 saturated carbocycles. The largest absolute Gasteiger partial charge is 0.398 e. The lowest BCUT2D eigenvalue weighted by atomic mass is 10.1. The molecule has 1 aliphatic heterocycles. The van der Waals surface area contributed by atoms with Crippen LogP contribution in [0.2, 0.25) is 0 Å². The average Bonchev–Trinajstić information content (AvgIpc) is 2.96. The van der Waals surface area contributed by atoms with Gasteiger partial charge in [-0.05, 0) is 18.9 Å². The normalized spacial score (nSPS) is 14.3. The Labute approximate surface area is 121 Å². The van der Waals surface area contributed by atoms with Gasteiger partial charge in [0.15, 0.2) is 11.6 Å². The number of carbonyl (C=O) groups is 2. The molecule has 0 aliphatic carbocycles. The summed E-state index contributed by atoms with van der Waals surface area (Å²) in [4.78, 5) is 27.0. The monoisotopic (exact) mass is 297 g/mol. The molecule has 2 amide bonds. The molecule has 114 valence electrons. The van der Waals surface area contributed by atoms with Crippen molar-refractivity contribution in [3.63, 3.8) is 0 Å². The summed E-state index contributed by atoms with van der Waals surface area (Å²) in [6.07, 6.45) is 1.92. The Balaban J connectivity index is 2.08. The van der Waals surface area contributed by atoms with Crippen molar-refractivity contribution >= 4 is 17.5 Å². The highest BCUT2D eigenvalue weighted by molar-refractivity contribution is 6.00. The molecule has 1 aliphatic rings. The molecule has 1 saturated heterocycles. The molecule has 0 bridgehead atoms. The van der Waals surface area contributed by atoms with E-state index in [2.05, 4.69) is 0 Å². The highest BCUT2D eigenvalue weighted by Crippen LogP contribution is 2.18. The van der Waals surface area contributed by atoms with Crippen LogP contribution in [0.5, 0.6) is 0 Å². The summed E-state index contributed by atoms with van der Waals surface area (Å²) >= 11 is 0. The first-order valence-electron chi connectivity index (χ1n) is 6.68. The van der Waals surface area contributed by atoms with Crippen LogP contribution in [-0.2, 0) is 4.79 Å². The van der Waals surface area contributed by atoms with Gasteiger partial charge in [-0.1, -0.05) is 0 Å². The van der Waals surface area contributed by atoms with Crippen LogP contribution in [-0.4, -0.2) is 48.3 Å². The van der Waals surface area contributed by atoms with Gasteiger partial charge in [0.1, 0.15) is 0 Å².